The zero-order chi connectivity index (χ0) is 13.4. The van der Waals surface area contributed by atoms with Crippen molar-refractivity contribution < 1.29 is 9.50 Å². The van der Waals surface area contributed by atoms with Crippen molar-refractivity contribution in [2.24, 2.45) is 5.92 Å². The monoisotopic (exact) mass is 328 g/mol. The molecule has 3 nitrogen and oxygen atoms in total. The fraction of sp³-hybridized carbons (Fsp3) is 0.571. The van der Waals surface area contributed by atoms with E-state index in [0.29, 0.717) is 5.92 Å². The number of phenols is 1. The molecule has 3 rings (SSSR count). The molecule has 2 fully saturated rings. The number of hydrogen-bond acceptors (Lipinski definition) is 3. The molecular weight excluding hydrogens is 311 g/mol. The summed E-state index contributed by atoms with van der Waals surface area (Å²) in [5, 5.41) is 13.6. The van der Waals surface area contributed by atoms with Crippen molar-refractivity contribution in [2.75, 3.05) is 26.2 Å². The Morgan fingerprint density at radius 1 is 1.32 bits per heavy atom. The predicted molar refractivity (Wildman–Crippen MR) is 75.7 cm³/mol. The summed E-state index contributed by atoms with van der Waals surface area (Å²) in [5.74, 6) is 0.257. The van der Waals surface area contributed by atoms with Gasteiger partial charge in [0.25, 0.3) is 0 Å². The topological polar surface area (TPSA) is 35.5 Å². The van der Waals surface area contributed by atoms with Gasteiger partial charge in [0.15, 0.2) is 0 Å². The predicted octanol–water partition coefficient (Wildman–Crippen LogP) is 2.65. The second kappa shape index (κ2) is 5.38. The van der Waals surface area contributed by atoms with E-state index in [-0.39, 0.29) is 16.3 Å². The van der Waals surface area contributed by atoms with E-state index in [1.165, 1.54) is 18.9 Å². The molecule has 0 bridgehead atoms. The summed E-state index contributed by atoms with van der Waals surface area (Å²) in [6, 6.07) is 3.40. The Morgan fingerprint density at radius 2 is 2.00 bits per heavy atom. The molecule has 0 radical (unpaired) electrons. The van der Waals surface area contributed by atoms with E-state index in [9.17, 15) is 9.50 Å². The van der Waals surface area contributed by atoms with Gasteiger partial charge in [-0.15, -0.1) is 0 Å². The first-order valence-electron chi connectivity index (χ1n) is 6.80. The van der Waals surface area contributed by atoms with Crippen molar-refractivity contribution >= 4 is 15.9 Å². The van der Waals surface area contributed by atoms with E-state index in [1.54, 1.807) is 6.07 Å². The van der Waals surface area contributed by atoms with E-state index < -0.39 is 5.82 Å². The molecule has 1 atom stereocenters. The van der Waals surface area contributed by atoms with Crippen molar-refractivity contribution in [3.63, 3.8) is 0 Å². The Kier molecular flexibility index (Phi) is 3.78. The maximum Gasteiger partial charge on any atom is 0.141 e. The SMILES string of the molecule is Oc1c([C@H](C2CC2)N2CCNCC2)ccc(F)c1Br. The Bertz CT molecular complexity index is 473. The van der Waals surface area contributed by atoms with Gasteiger partial charge in [-0.25, -0.2) is 4.39 Å². The normalized spacial score (nSPS) is 22.4. The quantitative estimate of drug-likeness (QED) is 0.895. The van der Waals surface area contributed by atoms with Gasteiger partial charge in [0.1, 0.15) is 11.6 Å². The first-order chi connectivity index (χ1) is 9.18. The molecule has 1 aromatic carbocycles. The highest BCUT2D eigenvalue weighted by atomic mass is 79.9. The van der Waals surface area contributed by atoms with Crippen molar-refractivity contribution in [2.45, 2.75) is 18.9 Å². The minimum absolute atomic E-state index is 0.0652. The number of rotatable bonds is 3. The van der Waals surface area contributed by atoms with Crippen molar-refractivity contribution in [3.8, 4) is 5.75 Å². The molecule has 0 aromatic heterocycles. The Labute approximate surface area is 120 Å². The summed E-state index contributed by atoms with van der Waals surface area (Å²) < 4.78 is 13.6. The Morgan fingerprint density at radius 3 is 2.63 bits per heavy atom. The molecule has 0 spiro atoms. The van der Waals surface area contributed by atoms with Gasteiger partial charge in [-0.1, -0.05) is 6.07 Å². The second-order valence-corrected chi connectivity index (χ2v) is 6.16. The molecule has 2 aliphatic rings. The largest absolute Gasteiger partial charge is 0.506 e. The van der Waals surface area contributed by atoms with E-state index in [0.717, 1.165) is 31.7 Å². The summed E-state index contributed by atoms with van der Waals surface area (Å²) >= 11 is 3.14. The summed E-state index contributed by atoms with van der Waals surface area (Å²) in [4.78, 5) is 2.41. The molecule has 0 amide bonds. The fourth-order valence-electron chi connectivity index (χ4n) is 2.91. The molecule has 1 aliphatic heterocycles. The molecule has 1 saturated heterocycles. The molecule has 19 heavy (non-hydrogen) atoms. The first-order valence-corrected chi connectivity index (χ1v) is 7.59. The molecule has 1 saturated carbocycles. The first kappa shape index (κ1) is 13.3. The molecule has 5 heteroatoms. The van der Waals surface area contributed by atoms with Crippen LogP contribution in [0, 0.1) is 11.7 Å². The summed E-state index contributed by atoms with van der Waals surface area (Å²) in [6.07, 6.45) is 2.39. The fourth-order valence-corrected chi connectivity index (χ4v) is 3.28. The number of piperazine rings is 1. The number of nitrogens with one attached hydrogen (secondary N) is 1. The van der Waals surface area contributed by atoms with Crippen LogP contribution in [0.15, 0.2) is 16.6 Å². The third-order valence-corrected chi connectivity index (χ3v) is 4.79. The van der Waals surface area contributed by atoms with Gasteiger partial charge >= 0.3 is 0 Å². The van der Waals surface area contributed by atoms with Gasteiger partial charge in [0.05, 0.1) is 4.47 Å². The third kappa shape index (κ3) is 2.64. The maximum atomic E-state index is 13.5. The smallest absolute Gasteiger partial charge is 0.141 e. The van der Waals surface area contributed by atoms with Gasteiger partial charge in [0, 0.05) is 37.8 Å². The third-order valence-electron chi connectivity index (χ3n) is 4.03. The molecule has 0 unspecified atom stereocenters. The van der Waals surface area contributed by atoms with Crippen LogP contribution in [-0.4, -0.2) is 36.2 Å². The Balaban J connectivity index is 1.93. The zero-order valence-corrected chi connectivity index (χ0v) is 12.3. The highest BCUT2D eigenvalue weighted by Crippen LogP contribution is 2.48. The number of nitrogens with zero attached hydrogens (tertiary/aromatic N) is 1. The molecule has 2 N–H and O–H groups in total. The van der Waals surface area contributed by atoms with Gasteiger partial charge in [0.2, 0.25) is 0 Å². The van der Waals surface area contributed by atoms with E-state index in [1.807, 2.05) is 0 Å². The van der Waals surface area contributed by atoms with Gasteiger partial charge < -0.3 is 10.4 Å². The van der Waals surface area contributed by atoms with Crippen LogP contribution in [0.5, 0.6) is 5.75 Å². The number of hydrogen-bond donors (Lipinski definition) is 2. The molecule has 1 heterocycles. The van der Waals surface area contributed by atoms with Gasteiger partial charge in [-0.3, -0.25) is 4.90 Å². The lowest BCUT2D eigenvalue weighted by Crippen LogP contribution is -2.45. The van der Waals surface area contributed by atoms with E-state index in [2.05, 4.69) is 26.1 Å². The minimum Gasteiger partial charge on any atom is -0.506 e. The standard InChI is InChI=1S/C14H18BrFN2O/c15-12-11(16)4-3-10(14(12)19)13(9-1-2-9)18-7-5-17-6-8-18/h3-4,9,13,17,19H,1-2,5-8H2/t13-/m0/s1. The molecule has 1 aliphatic carbocycles. The molecular formula is C14H18BrFN2O. The lowest BCUT2D eigenvalue weighted by atomic mass is 9.98. The van der Waals surface area contributed by atoms with Crippen LogP contribution in [0.25, 0.3) is 0 Å². The summed E-state index contributed by atoms with van der Waals surface area (Å²) in [5.41, 5.74) is 0.859. The van der Waals surface area contributed by atoms with Crippen LogP contribution in [0.4, 0.5) is 4.39 Å². The summed E-state index contributed by atoms with van der Waals surface area (Å²) in [7, 11) is 0. The average Bonchev–Trinajstić information content (AvgIpc) is 3.25. The average molecular weight is 329 g/mol. The number of aromatic hydroxyl groups is 1. The van der Waals surface area contributed by atoms with Crippen LogP contribution in [-0.2, 0) is 0 Å². The van der Waals surface area contributed by atoms with E-state index >= 15 is 0 Å². The zero-order valence-electron chi connectivity index (χ0n) is 10.7. The maximum absolute atomic E-state index is 13.5. The number of halogens is 2. The van der Waals surface area contributed by atoms with Crippen LogP contribution in [0.1, 0.15) is 24.4 Å². The Hall–Kier alpha value is -0.650. The highest BCUT2D eigenvalue weighted by molar-refractivity contribution is 9.10. The number of phenolic OH excluding ortho intramolecular Hbond substituents is 1. The van der Waals surface area contributed by atoms with E-state index in [4.69, 9.17) is 0 Å². The molecule has 104 valence electrons. The van der Waals surface area contributed by atoms with Crippen LogP contribution >= 0.6 is 15.9 Å². The highest BCUT2D eigenvalue weighted by Gasteiger charge is 2.38. The van der Waals surface area contributed by atoms with Crippen LogP contribution in [0.3, 0.4) is 0 Å². The van der Waals surface area contributed by atoms with Crippen molar-refractivity contribution in [1.82, 2.24) is 10.2 Å². The van der Waals surface area contributed by atoms with Crippen molar-refractivity contribution in [1.29, 1.82) is 0 Å². The van der Waals surface area contributed by atoms with Gasteiger partial charge in [-0.05, 0) is 40.8 Å². The van der Waals surface area contributed by atoms with Crippen LogP contribution < -0.4 is 5.32 Å². The van der Waals surface area contributed by atoms with Crippen LogP contribution in [0.2, 0.25) is 0 Å². The second-order valence-electron chi connectivity index (χ2n) is 5.37. The molecule has 1 aromatic rings. The lowest BCUT2D eigenvalue weighted by molar-refractivity contribution is 0.153. The lowest BCUT2D eigenvalue weighted by Gasteiger charge is -2.35. The number of benzene rings is 1. The minimum atomic E-state index is -0.406. The van der Waals surface area contributed by atoms with Gasteiger partial charge in [-0.2, -0.15) is 0 Å². The summed E-state index contributed by atoms with van der Waals surface area (Å²) in [6.45, 7) is 3.92. The van der Waals surface area contributed by atoms with Crippen molar-refractivity contribution in [3.05, 3.63) is 28.0 Å².